The van der Waals surface area contributed by atoms with Crippen molar-refractivity contribution in [3.8, 4) is 0 Å². The number of rotatable bonds is 5. The molecule has 1 nitrogen and oxygen atoms in total. The molecule has 2 aliphatic carbocycles. The molecule has 0 radical (unpaired) electrons. The third-order valence-electron chi connectivity index (χ3n) is 4.75. The molecule has 3 rings (SSSR count). The SMILES string of the molecule is CSC1CCC(NC(c2ccc(Cl)cc2)C2CC2)CC1. The molecule has 1 aromatic carbocycles. The minimum Gasteiger partial charge on any atom is -0.307 e. The van der Waals surface area contributed by atoms with E-state index in [2.05, 4.69) is 23.7 Å². The Balaban J connectivity index is 1.62. The molecule has 0 aliphatic heterocycles. The summed E-state index contributed by atoms with van der Waals surface area (Å²) in [6.45, 7) is 0. The summed E-state index contributed by atoms with van der Waals surface area (Å²) in [5, 5.41) is 5.67. The molecule has 1 aromatic rings. The fourth-order valence-electron chi connectivity index (χ4n) is 3.32. The molecule has 0 spiro atoms. The lowest BCUT2D eigenvalue weighted by molar-refractivity contribution is 0.327. The first-order valence-corrected chi connectivity index (χ1v) is 9.47. The van der Waals surface area contributed by atoms with Crippen LogP contribution in [-0.4, -0.2) is 17.5 Å². The number of hydrogen-bond donors (Lipinski definition) is 1. The lowest BCUT2D eigenvalue weighted by Gasteiger charge is -2.32. The molecule has 2 aliphatic rings. The lowest BCUT2D eigenvalue weighted by atomic mass is 9.92. The number of hydrogen-bond acceptors (Lipinski definition) is 2. The Morgan fingerprint density at radius 2 is 1.70 bits per heavy atom. The van der Waals surface area contributed by atoms with Gasteiger partial charge in [-0.3, -0.25) is 0 Å². The summed E-state index contributed by atoms with van der Waals surface area (Å²) in [4.78, 5) is 0. The quantitative estimate of drug-likeness (QED) is 0.816. The van der Waals surface area contributed by atoms with E-state index < -0.39 is 0 Å². The van der Waals surface area contributed by atoms with Crippen molar-refractivity contribution in [2.24, 2.45) is 5.92 Å². The van der Waals surface area contributed by atoms with Crippen LogP contribution in [0.1, 0.15) is 50.1 Å². The van der Waals surface area contributed by atoms with Crippen molar-refractivity contribution >= 4 is 23.4 Å². The molecule has 0 bridgehead atoms. The van der Waals surface area contributed by atoms with Gasteiger partial charge in [-0.1, -0.05) is 23.7 Å². The summed E-state index contributed by atoms with van der Waals surface area (Å²) in [5.74, 6) is 0.842. The molecule has 2 fully saturated rings. The number of benzene rings is 1. The molecule has 0 saturated heterocycles. The van der Waals surface area contributed by atoms with Crippen LogP contribution in [0.15, 0.2) is 24.3 Å². The summed E-state index contributed by atoms with van der Waals surface area (Å²) in [6, 6.07) is 9.71. The van der Waals surface area contributed by atoms with Gasteiger partial charge in [0.05, 0.1) is 0 Å². The zero-order valence-corrected chi connectivity index (χ0v) is 13.7. The molecule has 1 atom stereocenters. The highest BCUT2D eigenvalue weighted by Gasteiger charge is 2.34. The summed E-state index contributed by atoms with van der Waals surface area (Å²) >= 11 is 8.05. The molecule has 20 heavy (non-hydrogen) atoms. The monoisotopic (exact) mass is 309 g/mol. The summed E-state index contributed by atoms with van der Waals surface area (Å²) in [7, 11) is 0. The van der Waals surface area contributed by atoms with E-state index >= 15 is 0 Å². The average molecular weight is 310 g/mol. The number of thioether (sulfide) groups is 1. The van der Waals surface area contributed by atoms with Gasteiger partial charge in [0.2, 0.25) is 0 Å². The van der Waals surface area contributed by atoms with Crippen LogP contribution in [0.3, 0.4) is 0 Å². The third kappa shape index (κ3) is 3.72. The van der Waals surface area contributed by atoms with Crippen LogP contribution >= 0.6 is 23.4 Å². The number of halogens is 1. The first kappa shape index (κ1) is 14.7. The van der Waals surface area contributed by atoms with Gasteiger partial charge in [0.15, 0.2) is 0 Å². The van der Waals surface area contributed by atoms with E-state index in [-0.39, 0.29) is 0 Å². The predicted molar refractivity (Wildman–Crippen MR) is 89.6 cm³/mol. The van der Waals surface area contributed by atoms with Crippen molar-refractivity contribution in [1.29, 1.82) is 0 Å². The van der Waals surface area contributed by atoms with Gasteiger partial charge >= 0.3 is 0 Å². The summed E-state index contributed by atoms with van der Waals surface area (Å²) in [6.07, 6.45) is 10.4. The van der Waals surface area contributed by atoms with Crippen LogP contribution < -0.4 is 5.32 Å². The third-order valence-corrected chi connectivity index (χ3v) is 6.14. The Hall–Kier alpha value is -0.180. The maximum atomic E-state index is 6.01. The van der Waals surface area contributed by atoms with E-state index in [9.17, 15) is 0 Å². The van der Waals surface area contributed by atoms with E-state index in [0.29, 0.717) is 12.1 Å². The maximum absolute atomic E-state index is 6.01. The Morgan fingerprint density at radius 3 is 2.25 bits per heavy atom. The van der Waals surface area contributed by atoms with Gasteiger partial charge < -0.3 is 5.32 Å². The van der Waals surface area contributed by atoms with Crippen LogP contribution in [-0.2, 0) is 0 Å². The van der Waals surface area contributed by atoms with Crippen molar-refractivity contribution in [2.75, 3.05) is 6.26 Å². The smallest absolute Gasteiger partial charge is 0.0406 e. The maximum Gasteiger partial charge on any atom is 0.0406 e. The van der Waals surface area contributed by atoms with Crippen molar-refractivity contribution in [3.63, 3.8) is 0 Å². The zero-order chi connectivity index (χ0) is 13.9. The zero-order valence-electron chi connectivity index (χ0n) is 12.1. The van der Waals surface area contributed by atoms with E-state index in [1.165, 1.54) is 44.1 Å². The van der Waals surface area contributed by atoms with Gasteiger partial charge in [-0.15, -0.1) is 0 Å². The minimum absolute atomic E-state index is 0.545. The van der Waals surface area contributed by atoms with Gasteiger partial charge in [-0.2, -0.15) is 11.8 Å². The van der Waals surface area contributed by atoms with Gasteiger partial charge in [-0.25, -0.2) is 0 Å². The van der Waals surface area contributed by atoms with Crippen molar-refractivity contribution < 1.29 is 0 Å². The van der Waals surface area contributed by atoms with Crippen LogP contribution in [0.25, 0.3) is 0 Å². The Labute approximate surface area is 131 Å². The molecule has 0 heterocycles. The average Bonchev–Trinajstić information content (AvgIpc) is 3.31. The van der Waals surface area contributed by atoms with Gasteiger partial charge in [0, 0.05) is 22.4 Å². The highest BCUT2D eigenvalue weighted by molar-refractivity contribution is 7.99. The standard InChI is InChI=1S/C17H24ClNS/c1-20-16-10-8-15(9-11-16)19-17(12-2-3-12)13-4-6-14(18)7-5-13/h4-7,12,15-17,19H,2-3,8-11H2,1H3. The van der Waals surface area contributed by atoms with Gasteiger partial charge in [0.25, 0.3) is 0 Å². The molecular weight excluding hydrogens is 286 g/mol. The lowest BCUT2D eigenvalue weighted by Crippen LogP contribution is -2.37. The molecule has 3 heteroatoms. The highest BCUT2D eigenvalue weighted by Crippen LogP contribution is 2.42. The highest BCUT2D eigenvalue weighted by atomic mass is 35.5. The van der Waals surface area contributed by atoms with Crippen molar-refractivity contribution in [3.05, 3.63) is 34.9 Å². The van der Waals surface area contributed by atoms with Crippen LogP contribution in [0, 0.1) is 5.92 Å². The van der Waals surface area contributed by atoms with E-state index in [1.54, 1.807) is 0 Å². The molecule has 0 aromatic heterocycles. The topological polar surface area (TPSA) is 12.0 Å². The van der Waals surface area contributed by atoms with Crippen molar-refractivity contribution in [1.82, 2.24) is 5.32 Å². The second-order valence-electron chi connectivity index (χ2n) is 6.24. The fourth-order valence-corrected chi connectivity index (χ4v) is 4.19. The second-order valence-corrected chi connectivity index (χ2v) is 7.82. The largest absolute Gasteiger partial charge is 0.307 e. The van der Waals surface area contributed by atoms with Gasteiger partial charge in [0.1, 0.15) is 0 Å². The van der Waals surface area contributed by atoms with Crippen molar-refractivity contribution in [2.45, 2.75) is 55.9 Å². The molecule has 2 saturated carbocycles. The number of nitrogens with one attached hydrogen (secondary N) is 1. The predicted octanol–water partition coefficient (Wildman–Crippen LogP) is 5.05. The Morgan fingerprint density at radius 1 is 1.05 bits per heavy atom. The van der Waals surface area contributed by atoms with E-state index in [0.717, 1.165) is 16.2 Å². The Bertz CT molecular complexity index is 421. The fraction of sp³-hybridized carbons (Fsp3) is 0.647. The molecule has 0 amide bonds. The van der Waals surface area contributed by atoms with Crippen LogP contribution in [0.4, 0.5) is 0 Å². The summed E-state index contributed by atoms with van der Waals surface area (Å²) in [5.41, 5.74) is 1.42. The second kappa shape index (κ2) is 6.72. The Kier molecular flexibility index (Phi) is 4.95. The van der Waals surface area contributed by atoms with E-state index in [4.69, 9.17) is 11.6 Å². The van der Waals surface area contributed by atoms with Crippen LogP contribution in [0.2, 0.25) is 5.02 Å². The minimum atomic E-state index is 0.545. The molecule has 1 unspecified atom stereocenters. The molecular formula is C17H24ClNS. The van der Waals surface area contributed by atoms with E-state index in [1.807, 2.05) is 23.9 Å². The molecule has 110 valence electrons. The summed E-state index contributed by atoms with van der Waals surface area (Å²) < 4.78 is 0. The van der Waals surface area contributed by atoms with Gasteiger partial charge in [-0.05, 0) is 68.4 Å². The first-order valence-electron chi connectivity index (χ1n) is 7.80. The normalized spacial score (nSPS) is 28.3. The first-order chi connectivity index (χ1) is 9.76. The molecule has 1 N–H and O–H groups in total. The van der Waals surface area contributed by atoms with Crippen LogP contribution in [0.5, 0.6) is 0 Å².